The number of hydrogen-bond acceptors (Lipinski definition) is 5. The molecule has 0 aromatic carbocycles. The quantitative estimate of drug-likeness (QED) is 0.557. The highest BCUT2D eigenvalue weighted by molar-refractivity contribution is 5.69. The maximum Gasteiger partial charge on any atom is 0.410 e. The van der Waals surface area contributed by atoms with E-state index < -0.39 is 5.60 Å². The molecule has 1 fully saturated rings. The SMILES string of the molecule is CCOC(=O)CCCOC1CCN(C(=O)OC(C)(C)C)CC1. The van der Waals surface area contributed by atoms with Gasteiger partial charge in [0, 0.05) is 26.1 Å². The minimum absolute atomic E-state index is 0.154. The minimum Gasteiger partial charge on any atom is -0.466 e. The smallest absolute Gasteiger partial charge is 0.410 e. The Kier molecular flexibility index (Phi) is 7.65. The molecule has 6 nitrogen and oxygen atoms in total. The predicted octanol–water partition coefficient (Wildman–Crippen LogP) is 2.75. The van der Waals surface area contributed by atoms with E-state index in [1.54, 1.807) is 11.8 Å². The molecule has 128 valence electrons. The Morgan fingerprint density at radius 2 is 1.82 bits per heavy atom. The number of esters is 1. The highest BCUT2D eigenvalue weighted by Crippen LogP contribution is 2.17. The first-order valence-corrected chi connectivity index (χ1v) is 8.07. The maximum atomic E-state index is 11.9. The number of likely N-dealkylation sites (tertiary alicyclic amines) is 1. The van der Waals surface area contributed by atoms with Crippen molar-refractivity contribution in [2.24, 2.45) is 0 Å². The average Bonchev–Trinajstić information content (AvgIpc) is 2.43. The summed E-state index contributed by atoms with van der Waals surface area (Å²) in [7, 11) is 0. The molecule has 6 heteroatoms. The number of carbonyl (C=O) groups is 2. The molecule has 0 unspecified atom stereocenters. The number of ether oxygens (including phenoxy) is 3. The van der Waals surface area contributed by atoms with Crippen LogP contribution in [-0.2, 0) is 19.0 Å². The fourth-order valence-electron chi connectivity index (χ4n) is 2.23. The Bertz CT molecular complexity index is 356. The zero-order valence-corrected chi connectivity index (χ0v) is 14.2. The van der Waals surface area contributed by atoms with E-state index in [0.717, 1.165) is 12.8 Å². The van der Waals surface area contributed by atoms with Crippen molar-refractivity contribution in [1.29, 1.82) is 0 Å². The highest BCUT2D eigenvalue weighted by Gasteiger charge is 2.27. The summed E-state index contributed by atoms with van der Waals surface area (Å²) in [6.07, 6.45) is 2.57. The first-order valence-electron chi connectivity index (χ1n) is 8.07. The van der Waals surface area contributed by atoms with E-state index in [1.165, 1.54) is 0 Å². The number of hydrogen-bond donors (Lipinski definition) is 0. The molecule has 1 aliphatic heterocycles. The first kappa shape index (κ1) is 18.7. The third kappa shape index (κ3) is 7.64. The van der Waals surface area contributed by atoms with Crippen LogP contribution in [0, 0.1) is 0 Å². The van der Waals surface area contributed by atoms with Gasteiger partial charge in [0.1, 0.15) is 5.60 Å². The van der Waals surface area contributed by atoms with E-state index in [2.05, 4.69) is 0 Å². The molecule has 1 rings (SSSR count). The van der Waals surface area contributed by atoms with Gasteiger partial charge in [0.25, 0.3) is 0 Å². The van der Waals surface area contributed by atoms with Gasteiger partial charge in [-0.2, -0.15) is 0 Å². The molecule has 0 spiro atoms. The van der Waals surface area contributed by atoms with Gasteiger partial charge < -0.3 is 19.1 Å². The molecular formula is C16H29NO5. The second-order valence-electron chi connectivity index (χ2n) is 6.45. The summed E-state index contributed by atoms with van der Waals surface area (Å²) < 4.78 is 16.0. The lowest BCUT2D eigenvalue weighted by molar-refractivity contribution is -0.143. The summed E-state index contributed by atoms with van der Waals surface area (Å²) in [4.78, 5) is 24.8. The van der Waals surface area contributed by atoms with Crippen LogP contribution in [0.2, 0.25) is 0 Å². The van der Waals surface area contributed by atoms with Gasteiger partial charge in [-0.1, -0.05) is 0 Å². The maximum absolute atomic E-state index is 11.9. The molecule has 0 aromatic rings. The van der Waals surface area contributed by atoms with E-state index in [1.807, 2.05) is 20.8 Å². The lowest BCUT2D eigenvalue weighted by Gasteiger charge is -2.33. The zero-order chi connectivity index (χ0) is 16.6. The van der Waals surface area contributed by atoms with Gasteiger partial charge in [-0.25, -0.2) is 4.79 Å². The number of rotatable bonds is 6. The number of amides is 1. The zero-order valence-electron chi connectivity index (χ0n) is 14.2. The Balaban J connectivity index is 2.15. The molecule has 1 amide bonds. The third-order valence-corrected chi connectivity index (χ3v) is 3.28. The van der Waals surface area contributed by atoms with Gasteiger partial charge >= 0.3 is 12.1 Å². The van der Waals surface area contributed by atoms with Crippen molar-refractivity contribution >= 4 is 12.1 Å². The summed E-state index contributed by atoms with van der Waals surface area (Å²) in [6, 6.07) is 0. The van der Waals surface area contributed by atoms with Gasteiger partial charge in [-0.3, -0.25) is 4.79 Å². The Labute approximate surface area is 133 Å². The van der Waals surface area contributed by atoms with Crippen molar-refractivity contribution in [3.8, 4) is 0 Å². The number of piperidine rings is 1. The van der Waals surface area contributed by atoms with Crippen LogP contribution in [0.1, 0.15) is 53.4 Å². The van der Waals surface area contributed by atoms with Crippen molar-refractivity contribution < 1.29 is 23.8 Å². The number of carbonyl (C=O) groups excluding carboxylic acids is 2. The molecule has 0 atom stereocenters. The first-order chi connectivity index (χ1) is 10.3. The lowest BCUT2D eigenvalue weighted by Crippen LogP contribution is -2.43. The Morgan fingerprint density at radius 1 is 1.18 bits per heavy atom. The van der Waals surface area contributed by atoms with E-state index in [0.29, 0.717) is 39.1 Å². The normalized spacial score (nSPS) is 16.5. The molecule has 1 heterocycles. The van der Waals surface area contributed by atoms with Gasteiger partial charge in [-0.15, -0.1) is 0 Å². The summed E-state index contributed by atoms with van der Waals surface area (Å²) >= 11 is 0. The summed E-state index contributed by atoms with van der Waals surface area (Å²) in [6.45, 7) is 9.67. The highest BCUT2D eigenvalue weighted by atomic mass is 16.6. The van der Waals surface area contributed by atoms with Crippen molar-refractivity contribution in [3.63, 3.8) is 0 Å². The standard InChI is InChI=1S/C16H29NO5/c1-5-20-14(18)7-6-12-21-13-8-10-17(11-9-13)15(19)22-16(2,3)4/h13H,5-12H2,1-4H3. The van der Waals surface area contributed by atoms with Crippen LogP contribution in [0.4, 0.5) is 4.79 Å². The Hall–Kier alpha value is -1.30. The van der Waals surface area contributed by atoms with Gasteiger partial charge in [0.15, 0.2) is 0 Å². The molecular weight excluding hydrogens is 286 g/mol. The molecule has 0 aliphatic carbocycles. The van der Waals surface area contributed by atoms with Crippen LogP contribution in [0.15, 0.2) is 0 Å². The number of nitrogens with zero attached hydrogens (tertiary/aromatic N) is 1. The van der Waals surface area contributed by atoms with E-state index in [4.69, 9.17) is 14.2 Å². The molecule has 1 saturated heterocycles. The van der Waals surface area contributed by atoms with Crippen LogP contribution in [0.5, 0.6) is 0 Å². The van der Waals surface area contributed by atoms with Crippen LogP contribution in [0.25, 0.3) is 0 Å². The summed E-state index contributed by atoms with van der Waals surface area (Å²) in [5.74, 6) is -0.175. The molecule has 0 aromatic heterocycles. The van der Waals surface area contributed by atoms with Crippen LogP contribution in [0.3, 0.4) is 0 Å². The van der Waals surface area contributed by atoms with E-state index >= 15 is 0 Å². The van der Waals surface area contributed by atoms with Crippen LogP contribution >= 0.6 is 0 Å². The topological polar surface area (TPSA) is 65.1 Å². The summed E-state index contributed by atoms with van der Waals surface area (Å²) in [5, 5.41) is 0. The van der Waals surface area contributed by atoms with Crippen molar-refractivity contribution in [1.82, 2.24) is 4.90 Å². The van der Waals surface area contributed by atoms with Crippen molar-refractivity contribution in [3.05, 3.63) is 0 Å². The fraction of sp³-hybridized carbons (Fsp3) is 0.875. The molecule has 1 aliphatic rings. The van der Waals surface area contributed by atoms with Crippen LogP contribution < -0.4 is 0 Å². The predicted molar refractivity (Wildman–Crippen MR) is 82.6 cm³/mol. The van der Waals surface area contributed by atoms with E-state index in [-0.39, 0.29) is 18.2 Å². The average molecular weight is 315 g/mol. The lowest BCUT2D eigenvalue weighted by atomic mass is 10.1. The third-order valence-electron chi connectivity index (χ3n) is 3.28. The Morgan fingerprint density at radius 3 is 2.36 bits per heavy atom. The van der Waals surface area contributed by atoms with Crippen molar-refractivity contribution in [2.45, 2.75) is 65.1 Å². The largest absolute Gasteiger partial charge is 0.466 e. The second-order valence-corrected chi connectivity index (χ2v) is 6.45. The fourth-order valence-corrected chi connectivity index (χ4v) is 2.23. The van der Waals surface area contributed by atoms with E-state index in [9.17, 15) is 9.59 Å². The second kappa shape index (κ2) is 8.98. The molecule has 0 radical (unpaired) electrons. The monoisotopic (exact) mass is 315 g/mol. The minimum atomic E-state index is -0.461. The van der Waals surface area contributed by atoms with Crippen molar-refractivity contribution in [2.75, 3.05) is 26.3 Å². The molecule has 0 bridgehead atoms. The molecule has 22 heavy (non-hydrogen) atoms. The molecule has 0 N–H and O–H groups in total. The van der Waals surface area contributed by atoms with Gasteiger partial charge in [0.2, 0.25) is 0 Å². The van der Waals surface area contributed by atoms with Gasteiger partial charge in [0.05, 0.1) is 12.7 Å². The van der Waals surface area contributed by atoms with Crippen LogP contribution in [-0.4, -0.2) is 55.0 Å². The summed E-state index contributed by atoms with van der Waals surface area (Å²) in [5.41, 5.74) is -0.461. The van der Waals surface area contributed by atoms with Gasteiger partial charge in [-0.05, 0) is 47.0 Å². The molecule has 0 saturated carbocycles.